The van der Waals surface area contributed by atoms with Gasteiger partial charge in [-0.05, 0) is 44.5 Å². The van der Waals surface area contributed by atoms with Crippen molar-refractivity contribution in [3.05, 3.63) is 36.2 Å². The van der Waals surface area contributed by atoms with Gasteiger partial charge >= 0.3 is 6.18 Å². The lowest BCUT2D eigenvalue weighted by atomic mass is 9.86. The van der Waals surface area contributed by atoms with E-state index in [1.807, 2.05) is 0 Å². The normalized spacial score (nSPS) is 21.4. The van der Waals surface area contributed by atoms with Gasteiger partial charge in [-0.15, -0.1) is 10.2 Å². The van der Waals surface area contributed by atoms with Gasteiger partial charge in [0.2, 0.25) is 0 Å². The molecule has 0 radical (unpaired) electrons. The summed E-state index contributed by atoms with van der Waals surface area (Å²) in [4.78, 5) is 6.73. The highest BCUT2D eigenvalue weighted by Crippen LogP contribution is 2.39. The third-order valence-corrected chi connectivity index (χ3v) is 6.59. The van der Waals surface area contributed by atoms with Crippen LogP contribution in [0, 0.1) is 0 Å². The summed E-state index contributed by atoms with van der Waals surface area (Å²) in [6.07, 6.45) is 1.58. The van der Waals surface area contributed by atoms with E-state index in [1.165, 1.54) is 6.07 Å². The molecule has 2 aromatic heterocycles. The van der Waals surface area contributed by atoms with Crippen molar-refractivity contribution >= 4 is 11.5 Å². The smallest absolute Gasteiger partial charge is 0.416 e. The Morgan fingerprint density at radius 2 is 2.00 bits per heavy atom. The average Bonchev–Trinajstić information content (AvgIpc) is 3.34. The molecule has 0 bridgehead atoms. The zero-order valence-electron chi connectivity index (χ0n) is 17.4. The number of rotatable bonds is 3. The Labute approximate surface area is 182 Å². The average molecular weight is 448 g/mol. The largest absolute Gasteiger partial charge is 0.507 e. The molecule has 0 amide bonds. The maximum Gasteiger partial charge on any atom is 0.416 e. The van der Waals surface area contributed by atoms with E-state index in [0.717, 1.165) is 45.1 Å². The van der Waals surface area contributed by atoms with Crippen LogP contribution in [0.4, 0.5) is 19.0 Å². The molecule has 0 aliphatic carbocycles. The number of halogens is 3. The van der Waals surface area contributed by atoms with Crippen molar-refractivity contribution in [1.29, 1.82) is 0 Å². The van der Waals surface area contributed by atoms with Gasteiger partial charge in [0, 0.05) is 43.7 Å². The molecule has 4 heterocycles. The van der Waals surface area contributed by atoms with Crippen molar-refractivity contribution in [2.45, 2.75) is 37.0 Å². The molecule has 2 aliphatic rings. The first kappa shape index (κ1) is 21.0. The Hall–Kier alpha value is -2.92. The van der Waals surface area contributed by atoms with E-state index in [4.69, 9.17) is 4.74 Å². The van der Waals surface area contributed by atoms with E-state index in [9.17, 15) is 18.3 Å². The number of aromatic hydroxyl groups is 1. The first-order valence-electron chi connectivity index (χ1n) is 10.4. The third kappa shape index (κ3) is 3.55. The standard InChI is InChI=1S/C21H23F3N6O2/c1-29-12-14(11-20(29)4-8-32-9-5-20)26-17-19-25-6-7-30(19)18(28-27-17)15-3-2-13(10-16(15)31)21(22,23)24/h2-3,6-7,10,14,31H,4-5,8-9,11-12H2,1H3,(H,26,27). The molecule has 1 atom stereocenters. The van der Waals surface area contributed by atoms with Crippen LogP contribution in [0.2, 0.25) is 0 Å². The number of aromatic nitrogens is 4. The topological polar surface area (TPSA) is 87.8 Å². The van der Waals surface area contributed by atoms with Gasteiger partial charge in [-0.25, -0.2) is 4.98 Å². The molecular weight excluding hydrogens is 425 g/mol. The van der Waals surface area contributed by atoms with E-state index in [0.29, 0.717) is 17.5 Å². The molecule has 5 rings (SSSR count). The number of phenolic OH excluding ortho intramolecular Hbond substituents is 1. The summed E-state index contributed by atoms with van der Waals surface area (Å²) in [5.74, 6) is 0.176. The minimum absolute atomic E-state index is 0.112. The molecule has 2 aliphatic heterocycles. The maximum absolute atomic E-state index is 12.9. The highest BCUT2D eigenvalue weighted by atomic mass is 19.4. The van der Waals surface area contributed by atoms with Gasteiger partial charge in [-0.2, -0.15) is 13.2 Å². The number of nitrogens with one attached hydrogen (secondary N) is 1. The van der Waals surface area contributed by atoms with E-state index in [2.05, 4.69) is 32.4 Å². The van der Waals surface area contributed by atoms with E-state index < -0.39 is 17.5 Å². The summed E-state index contributed by atoms with van der Waals surface area (Å²) in [7, 11) is 2.13. The molecule has 2 saturated heterocycles. The number of ether oxygens (including phenoxy) is 1. The van der Waals surface area contributed by atoms with Crippen molar-refractivity contribution in [1.82, 2.24) is 24.5 Å². The number of likely N-dealkylation sites (tertiary alicyclic amines) is 1. The summed E-state index contributed by atoms with van der Waals surface area (Å²) < 4.78 is 46.0. The molecule has 1 spiro atoms. The minimum Gasteiger partial charge on any atom is -0.507 e. The fourth-order valence-corrected chi connectivity index (χ4v) is 4.84. The van der Waals surface area contributed by atoms with Crippen molar-refractivity contribution in [3.8, 4) is 17.1 Å². The molecule has 2 fully saturated rings. The van der Waals surface area contributed by atoms with Crippen LogP contribution in [-0.2, 0) is 10.9 Å². The fourth-order valence-electron chi connectivity index (χ4n) is 4.84. The molecule has 0 saturated carbocycles. The number of anilines is 1. The molecule has 170 valence electrons. The zero-order valence-corrected chi connectivity index (χ0v) is 17.4. The summed E-state index contributed by atoms with van der Waals surface area (Å²) in [6.45, 7) is 2.36. The molecule has 2 N–H and O–H groups in total. The van der Waals surface area contributed by atoms with Gasteiger partial charge < -0.3 is 15.2 Å². The van der Waals surface area contributed by atoms with Gasteiger partial charge in [0.05, 0.1) is 11.1 Å². The highest BCUT2D eigenvalue weighted by molar-refractivity contribution is 5.71. The molecule has 3 aromatic rings. The number of fused-ring (bicyclic) bond motifs is 1. The summed E-state index contributed by atoms with van der Waals surface area (Å²) in [6, 6.07) is 2.94. The number of imidazole rings is 1. The van der Waals surface area contributed by atoms with Gasteiger partial charge in [0.15, 0.2) is 17.3 Å². The molecule has 11 heteroatoms. The first-order valence-corrected chi connectivity index (χ1v) is 10.4. The van der Waals surface area contributed by atoms with Crippen LogP contribution in [-0.4, -0.2) is 68.0 Å². The van der Waals surface area contributed by atoms with Crippen LogP contribution < -0.4 is 5.32 Å². The summed E-state index contributed by atoms with van der Waals surface area (Å²) in [5.41, 5.74) is -0.188. The van der Waals surface area contributed by atoms with Crippen molar-refractivity contribution in [2.75, 3.05) is 32.1 Å². The summed E-state index contributed by atoms with van der Waals surface area (Å²) in [5, 5.41) is 22.2. The van der Waals surface area contributed by atoms with Crippen molar-refractivity contribution in [2.24, 2.45) is 0 Å². The van der Waals surface area contributed by atoms with Gasteiger partial charge in [0.25, 0.3) is 0 Å². The van der Waals surface area contributed by atoms with Crippen molar-refractivity contribution in [3.63, 3.8) is 0 Å². The Kier molecular flexibility index (Phi) is 4.97. The second-order valence-electron chi connectivity index (χ2n) is 8.49. The second kappa shape index (κ2) is 7.59. The van der Waals surface area contributed by atoms with Crippen LogP contribution in [0.1, 0.15) is 24.8 Å². The number of alkyl halides is 3. The number of nitrogens with zero attached hydrogens (tertiary/aromatic N) is 5. The molecule has 1 aromatic carbocycles. The monoisotopic (exact) mass is 448 g/mol. The predicted octanol–water partition coefficient (Wildman–Crippen LogP) is 3.18. The molecule has 8 nitrogen and oxygen atoms in total. The van der Waals surface area contributed by atoms with Gasteiger partial charge in [-0.3, -0.25) is 9.30 Å². The zero-order chi connectivity index (χ0) is 22.5. The quantitative estimate of drug-likeness (QED) is 0.636. The highest BCUT2D eigenvalue weighted by Gasteiger charge is 2.44. The van der Waals surface area contributed by atoms with E-state index in [1.54, 1.807) is 16.8 Å². The number of phenols is 1. The summed E-state index contributed by atoms with van der Waals surface area (Å²) >= 11 is 0. The third-order valence-electron chi connectivity index (χ3n) is 6.59. The second-order valence-corrected chi connectivity index (χ2v) is 8.49. The van der Waals surface area contributed by atoms with Crippen LogP contribution in [0.15, 0.2) is 30.6 Å². The van der Waals surface area contributed by atoms with E-state index in [-0.39, 0.29) is 23.0 Å². The Morgan fingerprint density at radius 3 is 2.72 bits per heavy atom. The predicted molar refractivity (Wildman–Crippen MR) is 110 cm³/mol. The Morgan fingerprint density at radius 1 is 1.22 bits per heavy atom. The molecule has 1 unspecified atom stereocenters. The number of likely N-dealkylation sites (N-methyl/N-ethyl adjacent to an activating group) is 1. The lowest BCUT2D eigenvalue weighted by Crippen LogP contribution is -2.45. The lowest BCUT2D eigenvalue weighted by Gasteiger charge is -2.39. The van der Waals surface area contributed by atoms with Crippen LogP contribution in [0.5, 0.6) is 5.75 Å². The fraction of sp³-hybridized carbons (Fsp3) is 0.476. The van der Waals surface area contributed by atoms with E-state index >= 15 is 0 Å². The van der Waals surface area contributed by atoms with Gasteiger partial charge in [-0.1, -0.05) is 0 Å². The number of hydrogen-bond acceptors (Lipinski definition) is 7. The number of benzene rings is 1. The SMILES string of the molecule is CN1CC(Nc2nnc(-c3ccc(C(F)(F)F)cc3O)n3ccnc23)CC12CCOCC2. The Bertz CT molecular complexity index is 1140. The van der Waals surface area contributed by atoms with Crippen LogP contribution in [0.25, 0.3) is 17.0 Å². The van der Waals surface area contributed by atoms with Crippen molar-refractivity contribution < 1.29 is 23.0 Å². The minimum atomic E-state index is -4.55. The first-order chi connectivity index (χ1) is 15.3. The molecular formula is C21H23F3N6O2. The maximum atomic E-state index is 12.9. The number of hydrogen-bond donors (Lipinski definition) is 2. The van der Waals surface area contributed by atoms with Gasteiger partial charge in [0.1, 0.15) is 5.75 Å². The lowest BCUT2D eigenvalue weighted by molar-refractivity contribution is -0.137. The van der Waals surface area contributed by atoms with Crippen LogP contribution in [0.3, 0.4) is 0 Å². The Balaban J connectivity index is 1.44. The van der Waals surface area contributed by atoms with Crippen LogP contribution >= 0.6 is 0 Å². The molecule has 32 heavy (non-hydrogen) atoms.